The average Bonchev–Trinajstić information content (AvgIpc) is 2.85. The number of hydrazone groups is 1. The van der Waals surface area contributed by atoms with E-state index >= 15 is 0 Å². The van der Waals surface area contributed by atoms with E-state index in [2.05, 4.69) is 23.9 Å². The Hall–Kier alpha value is -2.37. The minimum Gasteiger partial charge on any atom is -0.293 e. The number of hydrazine groups is 2. The first-order chi connectivity index (χ1) is 10.2. The third-order valence-corrected chi connectivity index (χ3v) is 3.47. The maximum absolute atomic E-state index is 12.1. The van der Waals surface area contributed by atoms with Gasteiger partial charge in [0.25, 0.3) is 0 Å². The van der Waals surface area contributed by atoms with Gasteiger partial charge in [0.05, 0.1) is 12.3 Å². The summed E-state index contributed by atoms with van der Waals surface area (Å²) < 4.78 is 0. The fourth-order valence-electron chi connectivity index (χ4n) is 2.56. The molecule has 0 bridgehead atoms. The monoisotopic (exact) mass is 285 g/mol. The Morgan fingerprint density at radius 1 is 1.29 bits per heavy atom. The number of anilines is 1. The summed E-state index contributed by atoms with van der Waals surface area (Å²) in [4.78, 5) is 16.4. The fraction of sp³-hybridized carbons (Fsp3) is 0.400. The van der Waals surface area contributed by atoms with Gasteiger partial charge in [0, 0.05) is 12.3 Å². The molecule has 0 N–H and O–H groups in total. The molecule has 6 heteroatoms. The van der Waals surface area contributed by atoms with Crippen molar-refractivity contribution in [3.63, 3.8) is 0 Å². The van der Waals surface area contributed by atoms with E-state index in [4.69, 9.17) is 0 Å². The molecule has 2 aliphatic heterocycles. The first kappa shape index (κ1) is 13.6. The van der Waals surface area contributed by atoms with Gasteiger partial charge in [-0.05, 0) is 25.0 Å². The van der Waals surface area contributed by atoms with E-state index in [-0.39, 0.29) is 12.3 Å². The summed E-state index contributed by atoms with van der Waals surface area (Å²) in [5.74, 6) is 0.830. The zero-order valence-electron chi connectivity index (χ0n) is 12.4. The molecule has 0 amide bonds. The van der Waals surface area contributed by atoms with Crippen molar-refractivity contribution >= 4 is 17.3 Å². The zero-order chi connectivity index (χ0) is 14.8. The first-order valence-electron chi connectivity index (χ1n) is 7.33. The number of rotatable bonds is 4. The summed E-state index contributed by atoms with van der Waals surface area (Å²) in [7, 11) is 0. The predicted molar refractivity (Wildman–Crippen MR) is 81.2 cm³/mol. The normalized spacial score (nSPS) is 17.8. The van der Waals surface area contributed by atoms with Crippen molar-refractivity contribution in [2.24, 2.45) is 5.10 Å². The van der Waals surface area contributed by atoms with E-state index in [1.165, 1.54) is 0 Å². The molecule has 0 atom stereocenters. The number of ketones is 1. The van der Waals surface area contributed by atoms with Gasteiger partial charge in [-0.15, -0.1) is 0 Å². The quantitative estimate of drug-likeness (QED) is 0.846. The van der Waals surface area contributed by atoms with E-state index < -0.39 is 0 Å². The number of carbonyl (C=O) groups excluding carboxylic acids is 1. The topological polar surface area (TPSA) is 52.0 Å². The predicted octanol–water partition coefficient (Wildman–Crippen LogP) is 1.98. The van der Waals surface area contributed by atoms with E-state index in [0.717, 1.165) is 36.6 Å². The molecular weight excluding hydrogens is 266 g/mol. The Kier molecular flexibility index (Phi) is 3.60. The molecule has 2 aliphatic rings. The van der Waals surface area contributed by atoms with Gasteiger partial charge in [0.1, 0.15) is 18.1 Å². The highest BCUT2D eigenvalue weighted by atomic mass is 16.1. The van der Waals surface area contributed by atoms with Crippen LogP contribution in [-0.4, -0.2) is 39.8 Å². The minimum atomic E-state index is 0.0754. The number of aromatic nitrogens is 1. The Morgan fingerprint density at radius 3 is 2.81 bits per heavy atom. The molecule has 21 heavy (non-hydrogen) atoms. The van der Waals surface area contributed by atoms with Crippen LogP contribution in [0.25, 0.3) is 0 Å². The number of allylic oxidation sites excluding steroid dienone is 1. The fourth-order valence-corrected chi connectivity index (χ4v) is 2.56. The van der Waals surface area contributed by atoms with Crippen LogP contribution in [0.2, 0.25) is 0 Å². The molecule has 3 heterocycles. The molecule has 0 radical (unpaired) electrons. The van der Waals surface area contributed by atoms with Gasteiger partial charge in [0.15, 0.2) is 5.78 Å². The number of fused-ring (bicyclic) bond motifs is 1. The molecule has 0 aromatic carbocycles. The highest BCUT2D eigenvalue weighted by Crippen LogP contribution is 2.29. The number of pyridine rings is 1. The Morgan fingerprint density at radius 2 is 2.14 bits per heavy atom. The van der Waals surface area contributed by atoms with Crippen LogP contribution in [-0.2, 0) is 4.79 Å². The maximum Gasteiger partial charge on any atom is 0.179 e. The molecule has 1 aromatic rings. The van der Waals surface area contributed by atoms with Crippen molar-refractivity contribution in [3.8, 4) is 0 Å². The third kappa shape index (κ3) is 2.37. The summed E-state index contributed by atoms with van der Waals surface area (Å²) in [6, 6.07) is 5.70. The van der Waals surface area contributed by atoms with Gasteiger partial charge in [-0.3, -0.25) is 4.79 Å². The molecule has 0 saturated heterocycles. The van der Waals surface area contributed by atoms with Crippen LogP contribution >= 0.6 is 0 Å². The SMILES string of the molecule is CCCN1N=C(CC)C2=CC(=O)CN(c3ccccn3)N21. The molecule has 0 spiro atoms. The Labute approximate surface area is 124 Å². The number of hydrogen-bond acceptors (Lipinski definition) is 6. The van der Waals surface area contributed by atoms with Crippen LogP contribution in [0.15, 0.2) is 41.3 Å². The van der Waals surface area contributed by atoms with Gasteiger partial charge in [-0.1, -0.05) is 19.9 Å². The smallest absolute Gasteiger partial charge is 0.179 e. The first-order valence-corrected chi connectivity index (χ1v) is 7.33. The summed E-state index contributed by atoms with van der Waals surface area (Å²) in [5, 5.41) is 10.4. The molecule has 0 saturated carbocycles. The van der Waals surface area contributed by atoms with Crippen molar-refractivity contribution in [1.82, 2.24) is 15.2 Å². The van der Waals surface area contributed by atoms with Crippen LogP contribution in [0.3, 0.4) is 0 Å². The van der Waals surface area contributed by atoms with Crippen molar-refractivity contribution in [1.29, 1.82) is 0 Å². The van der Waals surface area contributed by atoms with Crippen LogP contribution in [0, 0.1) is 0 Å². The molecule has 0 fully saturated rings. The van der Waals surface area contributed by atoms with Gasteiger partial charge in [0.2, 0.25) is 0 Å². The lowest BCUT2D eigenvalue weighted by Crippen LogP contribution is -2.53. The van der Waals surface area contributed by atoms with Gasteiger partial charge in [-0.25, -0.2) is 9.99 Å². The second-order valence-corrected chi connectivity index (χ2v) is 5.03. The average molecular weight is 285 g/mol. The van der Waals surface area contributed by atoms with Crippen LogP contribution in [0.1, 0.15) is 26.7 Å². The molecule has 3 rings (SSSR count). The van der Waals surface area contributed by atoms with E-state index in [1.54, 1.807) is 12.3 Å². The molecule has 6 nitrogen and oxygen atoms in total. The largest absolute Gasteiger partial charge is 0.293 e. The van der Waals surface area contributed by atoms with Crippen LogP contribution < -0.4 is 5.01 Å². The number of carbonyl (C=O) groups is 1. The van der Waals surface area contributed by atoms with Gasteiger partial charge in [-0.2, -0.15) is 15.3 Å². The van der Waals surface area contributed by atoms with E-state index in [1.807, 2.05) is 33.4 Å². The van der Waals surface area contributed by atoms with Crippen molar-refractivity contribution in [2.75, 3.05) is 18.1 Å². The lowest BCUT2D eigenvalue weighted by atomic mass is 10.1. The lowest BCUT2D eigenvalue weighted by Gasteiger charge is -2.40. The second-order valence-electron chi connectivity index (χ2n) is 5.03. The summed E-state index contributed by atoms with van der Waals surface area (Å²) in [5.41, 5.74) is 1.81. The third-order valence-electron chi connectivity index (χ3n) is 3.47. The molecule has 110 valence electrons. The zero-order valence-corrected chi connectivity index (χ0v) is 12.4. The van der Waals surface area contributed by atoms with Crippen LogP contribution in [0.5, 0.6) is 0 Å². The number of hydrogen-bond donors (Lipinski definition) is 0. The van der Waals surface area contributed by atoms with E-state index in [9.17, 15) is 4.79 Å². The van der Waals surface area contributed by atoms with Crippen LogP contribution in [0.4, 0.5) is 5.82 Å². The molecular formula is C15H19N5O. The second kappa shape index (κ2) is 5.55. The Balaban J connectivity index is 2.01. The maximum atomic E-state index is 12.1. The van der Waals surface area contributed by atoms with Crippen molar-refractivity contribution in [2.45, 2.75) is 26.7 Å². The Bertz CT molecular complexity index is 595. The summed E-state index contributed by atoms with van der Waals surface area (Å²) >= 11 is 0. The van der Waals surface area contributed by atoms with Gasteiger partial charge < -0.3 is 0 Å². The summed E-state index contributed by atoms with van der Waals surface area (Å²) in [6.45, 7) is 5.26. The lowest BCUT2D eigenvalue weighted by molar-refractivity contribution is -0.116. The van der Waals surface area contributed by atoms with E-state index in [0.29, 0.717) is 0 Å². The van der Waals surface area contributed by atoms with Gasteiger partial charge >= 0.3 is 0 Å². The molecule has 0 unspecified atom stereocenters. The highest BCUT2D eigenvalue weighted by Gasteiger charge is 2.37. The molecule has 1 aromatic heterocycles. The number of nitrogens with zero attached hydrogens (tertiary/aromatic N) is 5. The highest BCUT2D eigenvalue weighted by molar-refractivity contribution is 6.08. The van der Waals surface area contributed by atoms with Crippen molar-refractivity contribution < 1.29 is 4.79 Å². The standard InChI is InChI=1S/C15H19N5O/c1-3-9-19-17-13(4-2)14-10-12(21)11-18(20(14)19)15-7-5-6-8-16-15/h5-8,10H,3-4,9,11H2,1-2H3. The minimum absolute atomic E-state index is 0.0754. The summed E-state index contributed by atoms with van der Waals surface area (Å²) in [6.07, 6.45) is 5.21. The molecule has 0 aliphatic carbocycles. The van der Waals surface area contributed by atoms with Crippen molar-refractivity contribution in [3.05, 3.63) is 36.2 Å².